The van der Waals surface area contributed by atoms with Gasteiger partial charge in [0.15, 0.2) is 5.76 Å². The third-order valence-electron chi connectivity index (χ3n) is 3.02. The normalized spacial score (nSPS) is 10.6. The number of carboxylic acids is 1. The number of benzene rings is 1. The van der Waals surface area contributed by atoms with Gasteiger partial charge in [0.05, 0.1) is 7.11 Å². The van der Waals surface area contributed by atoms with Crippen molar-refractivity contribution in [1.29, 1.82) is 0 Å². The van der Waals surface area contributed by atoms with Crippen LogP contribution in [0.3, 0.4) is 0 Å². The van der Waals surface area contributed by atoms with Crippen LogP contribution in [0.25, 0.3) is 22.9 Å². The van der Waals surface area contributed by atoms with Crippen molar-refractivity contribution in [3.8, 4) is 28.7 Å². The van der Waals surface area contributed by atoms with E-state index in [4.69, 9.17) is 14.3 Å². The molecule has 0 amide bonds. The van der Waals surface area contributed by atoms with Crippen LogP contribution in [-0.2, 0) is 11.3 Å². The minimum absolute atomic E-state index is 0.266. The number of carboxylic acid groups (broad SMARTS) is 1. The van der Waals surface area contributed by atoms with E-state index in [1.807, 2.05) is 24.3 Å². The van der Waals surface area contributed by atoms with Gasteiger partial charge in [-0.05, 0) is 46.8 Å². The fourth-order valence-electron chi connectivity index (χ4n) is 1.98. The number of aliphatic carboxylic acids is 1. The molecule has 0 bridgehead atoms. The SMILES string of the molecule is COc1ccc(-c2ccc(-c3nnnn3CC(=O)O)o2)cc1. The number of hydrogen-bond donors (Lipinski definition) is 1. The first-order valence-corrected chi connectivity index (χ1v) is 6.40. The number of rotatable bonds is 5. The maximum absolute atomic E-state index is 10.8. The van der Waals surface area contributed by atoms with E-state index in [-0.39, 0.29) is 12.4 Å². The summed E-state index contributed by atoms with van der Waals surface area (Å²) in [6, 6.07) is 10.8. The maximum atomic E-state index is 10.8. The van der Waals surface area contributed by atoms with Crippen molar-refractivity contribution in [2.75, 3.05) is 7.11 Å². The summed E-state index contributed by atoms with van der Waals surface area (Å²) in [6.07, 6.45) is 0. The number of ether oxygens (including phenoxy) is 1. The summed E-state index contributed by atoms with van der Waals surface area (Å²) in [7, 11) is 1.60. The van der Waals surface area contributed by atoms with Gasteiger partial charge in [-0.2, -0.15) is 0 Å². The Morgan fingerprint density at radius 1 is 1.23 bits per heavy atom. The number of tetrazole rings is 1. The standard InChI is InChI=1S/C14H12N4O4/c1-21-10-4-2-9(3-5-10)11-6-7-12(22-11)14-15-16-17-18(14)8-13(19)20/h2-7H,8H2,1H3,(H,19,20). The molecular weight excluding hydrogens is 288 g/mol. The fraction of sp³-hybridized carbons (Fsp3) is 0.143. The molecule has 112 valence electrons. The number of aromatic nitrogens is 4. The molecule has 0 saturated carbocycles. The Morgan fingerprint density at radius 2 is 1.95 bits per heavy atom. The van der Waals surface area contributed by atoms with E-state index in [1.54, 1.807) is 19.2 Å². The molecule has 3 rings (SSSR count). The van der Waals surface area contributed by atoms with Crippen LogP contribution in [0.15, 0.2) is 40.8 Å². The molecule has 1 aromatic carbocycles. The zero-order valence-electron chi connectivity index (χ0n) is 11.6. The van der Waals surface area contributed by atoms with E-state index in [9.17, 15) is 4.79 Å². The molecule has 0 saturated heterocycles. The van der Waals surface area contributed by atoms with Crippen LogP contribution >= 0.6 is 0 Å². The van der Waals surface area contributed by atoms with Crippen molar-refractivity contribution in [2.45, 2.75) is 6.54 Å². The van der Waals surface area contributed by atoms with E-state index in [1.165, 1.54) is 4.68 Å². The quantitative estimate of drug-likeness (QED) is 0.764. The second-order valence-electron chi connectivity index (χ2n) is 4.45. The molecule has 8 heteroatoms. The molecular formula is C14H12N4O4. The summed E-state index contributed by atoms with van der Waals surface area (Å²) >= 11 is 0. The third kappa shape index (κ3) is 2.66. The van der Waals surface area contributed by atoms with Gasteiger partial charge in [-0.1, -0.05) is 0 Å². The van der Waals surface area contributed by atoms with Crippen LogP contribution in [0.5, 0.6) is 5.75 Å². The molecule has 0 spiro atoms. The van der Waals surface area contributed by atoms with E-state index >= 15 is 0 Å². The average Bonchev–Trinajstić information content (AvgIpc) is 3.15. The van der Waals surface area contributed by atoms with E-state index in [0.29, 0.717) is 11.5 Å². The lowest BCUT2D eigenvalue weighted by molar-refractivity contribution is -0.137. The second-order valence-corrected chi connectivity index (χ2v) is 4.45. The van der Waals surface area contributed by atoms with Crippen molar-refractivity contribution in [1.82, 2.24) is 20.2 Å². The molecule has 2 heterocycles. The summed E-state index contributed by atoms with van der Waals surface area (Å²) in [5, 5.41) is 19.7. The molecule has 0 atom stereocenters. The van der Waals surface area contributed by atoms with E-state index in [2.05, 4.69) is 15.5 Å². The van der Waals surface area contributed by atoms with Crippen LogP contribution in [0.2, 0.25) is 0 Å². The summed E-state index contributed by atoms with van der Waals surface area (Å²) in [6.45, 7) is -0.332. The van der Waals surface area contributed by atoms with Crippen molar-refractivity contribution in [3.63, 3.8) is 0 Å². The van der Waals surface area contributed by atoms with Gasteiger partial charge in [-0.3, -0.25) is 4.79 Å². The average molecular weight is 300 g/mol. The van der Waals surface area contributed by atoms with Crippen molar-refractivity contribution in [2.24, 2.45) is 0 Å². The Bertz CT molecular complexity index is 791. The molecule has 22 heavy (non-hydrogen) atoms. The Morgan fingerprint density at radius 3 is 2.64 bits per heavy atom. The molecule has 1 N–H and O–H groups in total. The zero-order chi connectivity index (χ0) is 15.5. The number of nitrogens with zero attached hydrogens (tertiary/aromatic N) is 4. The lowest BCUT2D eigenvalue weighted by Gasteiger charge is -2.01. The van der Waals surface area contributed by atoms with Crippen molar-refractivity contribution < 1.29 is 19.1 Å². The largest absolute Gasteiger partial charge is 0.497 e. The topological polar surface area (TPSA) is 103 Å². The summed E-state index contributed by atoms with van der Waals surface area (Å²) in [4.78, 5) is 10.8. The number of methoxy groups -OCH3 is 1. The maximum Gasteiger partial charge on any atom is 0.325 e. The van der Waals surface area contributed by atoms with Crippen molar-refractivity contribution >= 4 is 5.97 Å². The number of carbonyl (C=O) groups is 1. The summed E-state index contributed by atoms with van der Waals surface area (Å²) < 4.78 is 12.0. The Hall–Kier alpha value is -3.16. The number of hydrogen-bond acceptors (Lipinski definition) is 6. The first kappa shape index (κ1) is 13.8. The van der Waals surface area contributed by atoms with Crippen LogP contribution in [0.1, 0.15) is 0 Å². The van der Waals surface area contributed by atoms with E-state index in [0.717, 1.165) is 11.3 Å². The molecule has 0 aliphatic rings. The summed E-state index contributed by atoms with van der Waals surface area (Å²) in [5.41, 5.74) is 0.865. The lowest BCUT2D eigenvalue weighted by Crippen LogP contribution is -2.11. The molecule has 0 unspecified atom stereocenters. The van der Waals surface area contributed by atoms with Gasteiger partial charge in [-0.25, -0.2) is 4.68 Å². The summed E-state index contributed by atoms with van der Waals surface area (Å²) in [5.74, 6) is 1.01. The molecule has 0 fully saturated rings. The van der Waals surface area contributed by atoms with Gasteiger partial charge in [0.1, 0.15) is 18.1 Å². The van der Waals surface area contributed by atoms with Crippen LogP contribution in [0.4, 0.5) is 0 Å². The first-order chi connectivity index (χ1) is 10.7. The van der Waals surface area contributed by atoms with Gasteiger partial charge in [0.25, 0.3) is 0 Å². The monoisotopic (exact) mass is 300 g/mol. The first-order valence-electron chi connectivity index (χ1n) is 6.40. The minimum Gasteiger partial charge on any atom is -0.497 e. The fourth-order valence-corrected chi connectivity index (χ4v) is 1.98. The lowest BCUT2D eigenvalue weighted by atomic mass is 10.2. The van der Waals surface area contributed by atoms with Crippen LogP contribution in [0, 0.1) is 0 Å². The van der Waals surface area contributed by atoms with Gasteiger partial charge in [0.2, 0.25) is 5.82 Å². The van der Waals surface area contributed by atoms with Crippen LogP contribution in [-0.4, -0.2) is 38.4 Å². The predicted octanol–water partition coefficient (Wildman–Crippen LogP) is 1.69. The highest BCUT2D eigenvalue weighted by Crippen LogP contribution is 2.28. The molecule has 3 aromatic rings. The molecule has 8 nitrogen and oxygen atoms in total. The molecule has 2 aromatic heterocycles. The Kier molecular flexibility index (Phi) is 3.57. The second kappa shape index (κ2) is 5.68. The van der Waals surface area contributed by atoms with Gasteiger partial charge in [-0.15, -0.1) is 5.10 Å². The minimum atomic E-state index is -1.03. The zero-order valence-corrected chi connectivity index (χ0v) is 11.6. The number of furan rings is 1. The van der Waals surface area contributed by atoms with Crippen molar-refractivity contribution in [3.05, 3.63) is 36.4 Å². The van der Waals surface area contributed by atoms with E-state index < -0.39 is 5.97 Å². The van der Waals surface area contributed by atoms with Gasteiger partial charge in [0, 0.05) is 5.56 Å². The molecule has 0 aliphatic heterocycles. The van der Waals surface area contributed by atoms with Gasteiger partial charge < -0.3 is 14.3 Å². The smallest absolute Gasteiger partial charge is 0.325 e. The van der Waals surface area contributed by atoms with Crippen LogP contribution < -0.4 is 4.74 Å². The predicted molar refractivity (Wildman–Crippen MR) is 75.1 cm³/mol. The third-order valence-corrected chi connectivity index (χ3v) is 3.02. The molecule has 0 radical (unpaired) electrons. The Labute approximate surface area is 124 Å². The Balaban J connectivity index is 1.90. The van der Waals surface area contributed by atoms with Gasteiger partial charge >= 0.3 is 5.97 Å². The highest BCUT2D eigenvalue weighted by Gasteiger charge is 2.15. The highest BCUT2D eigenvalue weighted by molar-refractivity contribution is 5.67. The molecule has 0 aliphatic carbocycles. The highest BCUT2D eigenvalue weighted by atomic mass is 16.5.